The van der Waals surface area contributed by atoms with Crippen LogP contribution in [-0.2, 0) is 19.1 Å². The van der Waals surface area contributed by atoms with Crippen molar-refractivity contribution >= 4 is 11.9 Å². The first-order valence-electron chi connectivity index (χ1n) is 4.71. The van der Waals surface area contributed by atoms with Gasteiger partial charge in [0, 0.05) is 11.6 Å². The summed E-state index contributed by atoms with van der Waals surface area (Å²) in [6, 6.07) is 0. The zero-order valence-electron chi connectivity index (χ0n) is 8.91. The van der Waals surface area contributed by atoms with Crippen LogP contribution in [-0.4, -0.2) is 24.6 Å². The van der Waals surface area contributed by atoms with Crippen LogP contribution in [0.2, 0.25) is 0 Å². The Morgan fingerprint density at radius 2 is 2.13 bits per heavy atom. The molecule has 0 radical (unpaired) electrons. The van der Waals surface area contributed by atoms with Crippen molar-refractivity contribution in [1.29, 1.82) is 0 Å². The zero-order chi connectivity index (χ0) is 11.4. The number of hydrogen-bond acceptors (Lipinski definition) is 4. The summed E-state index contributed by atoms with van der Waals surface area (Å²) in [4.78, 5) is 22.1. The normalized spacial score (nSPS) is 20.3. The molecule has 0 saturated carbocycles. The molecule has 4 heteroatoms. The number of epoxide rings is 1. The van der Waals surface area contributed by atoms with E-state index in [0.29, 0.717) is 12.0 Å². The average molecular weight is 210 g/mol. The van der Waals surface area contributed by atoms with Crippen molar-refractivity contribution in [2.75, 3.05) is 6.61 Å². The summed E-state index contributed by atoms with van der Waals surface area (Å²) in [7, 11) is 0. The smallest absolute Gasteiger partial charge is 0.341 e. The summed E-state index contributed by atoms with van der Waals surface area (Å²) in [5, 5.41) is 0. The third-order valence-electron chi connectivity index (χ3n) is 2.24. The molecule has 1 heterocycles. The highest BCUT2D eigenvalue weighted by Gasteiger charge is 2.24. The second-order valence-electron chi connectivity index (χ2n) is 3.48. The number of ether oxygens (including phenoxy) is 2. The largest absolute Gasteiger partial charge is 0.386 e. The molecule has 1 fully saturated rings. The molecule has 1 aliphatic rings. The van der Waals surface area contributed by atoms with E-state index in [1.54, 1.807) is 6.92 Å². The van der Waals surface area contributed by atoms with Crippen molar-refractivity contribution in [1.82, 2.24) is 0 Å². The summed E-state index contributed by atoms with van der Waals surface area (Å²) >= 11 is 0. The number of carbonyl (C=O) groups excluding carboxylic acids is 2. The molecule has 82 valence electrons. The molecule has 1 atom stereocenters. The van der Waals surface area contributed by atoms with Gasteiger partial charge in [-0.25, -0.2) is 9.59 Å². The lowest BCUT2D eigenvalue weighted by Gasteiger charge is -2.04. The fourth-order valence-electron chi connectivity index (χ4n) is 1.06. The van der Waals surface area contributed by atoms with E-state index in [-0.39, 0.29) is 6.10 Å². The summed E-state index contributed by atoms with van der Waals surface area (Å²) in [6.45, 7) is 7.42. The van der Waals surface area contributed by atoms with E-state index in [4.69, 9.17) is 4.74 Å². The first-order valence-corrected chi connectivity index (χ1v) is 4.71. The zero-order valence-corrected chi connectivity index (χ0v) is 8.91. The molecule has 1 unspecified atom stereocenters. The van der Waals surface area contributed by atoms with Gasteiger partial charge in [0.15, 0.2) is 0 Å². The third kappa shape index (κ3) is 3.67. The SMILES string of the molecule is C=CC(=O)OC(=O)C(C)=C(C)CC1CO1. The highest BCUT2D eigenvalue weighted by molar-refractivity contribution is 5.99. The van der Waals surface area contributed by atoms with Gasteiger partial charge in [0.25, 0.3) is 0 Å². The molecule has 0 amide bonds. The quantitative estimate of drug-likeness (QED) is 0.304. The van der Waals surface area contributed by atoms with Crippen molar-refractivity contribution in [3.05, 3.63) is 23.8 Å². The van der Waals surface area contributed by atoms with Crippen LogP contribution in [0.15, 0.2) is 23.8 Å². The number of hydrogen-bond donors (Lipinski definition) is 0. The first-order chi connectivity index (χ1) is 7.04. The van der Waals surface area contributed by atoms with E-state index in [1.165, 1.54) is 0 Å². The summed E-state index contributed by atoms with van der Waals surface area (Å²) in [6.07, 6.45) is 1.90. The molecule has 0 aromatic carbocycles. The first kappa shape index (κ1) is 11.7. The van der Waals surface area contributed by atoms with Crippen molar-refractivity contribution in [2.24, 2.45) is 0 Å². The molecule has 15 heavy (non-hydrogen) atoms. The van der Waals surface area contributed by atoms with Crippen molar-refractivity contribution < 1.29 is 19.1 Å². The van der Waals surface area contributed by atoms with E-state index >= 15 is 0 Å². The van der Waals surface area contributed by atoms with E-state index < -0.39 is 11.9 Å². The second-order valence-corrected chi connectivity index (χ2v) is 3.48. The molecule has 4 nitrogen and oxygen atoms in total. The number of esters is 2. The topological polar surface area (TPSA) is 55.9 Å². The maximum absolute atomic E-state index is 11.4. The van der Waals surface area contributed by atoms with Gasteiger partial charge in [0.2, 0.25) is 0 Å². The Balaban J connectivity index is 2.55. The number of carbonyl (C=O) groups is 2. The Morgan fingerprint density at radius 1 is 1.53 bits per heavy atom. The Hall–Kier alpha value is -1.42. The van der Waals surface area contributed by atoms with E-state index in [0.717, 1.165) is 18.3 Å². The lowest BCUT2D eigenvalue weighted by atomic mass is 10.1. The Labute approximate surface area is 88.6 Å². The van der Waals surface area contributed by atoms with E-state index in [9.17, 15) is 9.59 Å². The van der Waals surface area contributed by atoms with Crippen LogP contribution in [0.3, 0.4) is 0 Å². The fraction of sp³-hybridized carbons (Fsp3) is 0.455. The average Bonchev–Trinajstić information content (AvgIpc) is 2.99. The molecule has 0 aliphatic carbocycles. The van der Waals surface area contributed by atoms with Gasteiger partial charge in [0.1, 0.15) is 0 Å². The second kappa shape index (κ2) is 4.89. The molecule has 0 N–H and O–H groups in total. The van der Waals surface area contributed by atoms with E-state index in [2.05, 4.69) is 11.3 Å². The summed E-state index contributed by atoms with van der Waals surface area (Å²) in [5.41, 5.74) is 1.35. The van der Waals surface area contributed by atoms with Gasteiger partial charge in [-0.1, -0.05) is 12.2 Å². The van der Waals surface area contributed by atoms with Gasteiger partial charge in [-0.05, 0) is 20.3 Å². The van der Waals surface area contributed by atoms with Crippen molar-refractivity contribution in [3.8, 4) is 0 Å². The van der Waals surface area contributed by atoms with Gasteiger partial charge in [-0.15, -0.1) is 0 Å². The van der Waals surface area contributed by atoms with Gasteiger partial charge in [0.05, 0.1) is 12.7 Å². The maximum Gasteiger partial charge on any atom is 0.341 e. The predicted molar refractivity (Wildman–Crippen MR) is 54.0 cm³/mol. The molecular formula is C11H14O4. The van der Waals surface area contributed by atoms with Crippen LogP contribution < -0.4 is 0 Å². The van der Waals surface area contributed by atoms with Gasteiger partial charge >= 0.3 is 11.9 Å². The van der Waals surface area contributed by atoms with Crippen LogP contribution in [0, 0.1) is 0 Å². The number of rotatable bonds is 4. The molecule has 0 aromatic heterocycles. The molecule has 1 rings (SSSR count). The predicted octanol–water partition coefficient (Wildman–Crippen LogP) is 1.37. The van der Waals surface area contributed by atoms with E-state index in [1.807, 2.05) is 6.92 Å². The molecule has 1 saturated heterocycles. The minimum absolute atomic E-state index is 0.225. The van der Waals surface area contributed by atoms with Crippen LogP contribution in [0.4, 0.5) is 0 Å². The molecule has 0 spiro atoms. The standard InChI is InChI=1S/C11H14O4/c1-4-10(12)15-11(13)8(3)7(2)5-9-6-14-9/h4,9H,1,5-6H2,2-3H3. The maximum atomic E-state index is 11.4. The van der Waals surface area contributed by atoms with Crippen LogP contribution in [0.25, 0.3) is 0 Å². The molecule has 0 aromatic rings. The minimum atomic E-state index is -0.727. The lowest BCUT2D eigenvalue weighted by molar-refractivity contribution is -0.153. The highest BCUT2D eigenvalue weighted by atomic mass is 16.6. The van der Waals surface area contributed by atoms with Crippen LogP contribution in [0.1, 0.15) is 20.3 Å². The monoisotopic (exact) mass is 210 g/mol. The Kier molecular flexibility index (Phi) is 3.80. The Bertz CT molecular complexity index is 323. The van der Waals surface area contributed by atoms with Gasteiger partial charge in [-0.3, -0.25) is 0 Å². The Morgan fingerprint density at radius 3 is 2.60 bits per heavy atom. The van der Waals surface area contributed by atoms with Crippen LogP contribution in [0.5, 0.6) is 0 Å². The van der Waals surface area contributed by atoms with Gasteiger partial charge < -0.3 is 9.47 Å². The molecular weight excluding hydrogens is 196 g/mol. The highest BCUT2D eigenvalue weighted by Crippen LogP contribution is 2.21. The molecule has 1 aliphatic heterocycles. The van der Waals surface area contributed by atoms with Crippen LogP contribution >= 0.6 is 0 Å². The van der Waals surface area contributed by atoms with Crippen molar-refractivity contribution in [2.45, 2.75) is 26.4 Å². The lowest BCUT2D eigenvalue weighted by Crippen LogP contribution is -2.12. The fourth-order valence-corrected chi connectivity index (χ4v) is 1.06. The molecule has 0 bridgehead atoms. The van der Waals surface area contributed by atoms with Gasteiger partial charge in [-0.2, -0.15) is 0 Å². The minimum Gasteiger partial charge on any atom is -0.386 e. The summed E-state index contributed by atoms with van der Waals surface area (Å²) in [5.74, 6) is -1.34. The third-order valence-corrected chi connectivity index (χ3v) is 2.24. The summed E-state index contributed by atoms with van der Waals surface area (Å²) < 4.78 is 9.53. The van der Waals surface area contributed by atoms with Crippen molar-refractivity contribution in [3.63, 3.8) is 0 Å².